The first-order chi connectivity index (χ1) is 11.6. The average Bonchev–Trinajstić information content (AvgIpc) is 2.60. The number of carbonyl (C=O) groups excluding carboxylic acids is 1. The van der Waals surface area contributed by atoms with Crippen LogP contribution in [0.4, 0.5) is 0 Å². The first-order valence-electron chi connectivity index (χ1n) is 8.41. The van der Waals surface area contributed by atoms with E-state index in [-0.39, 0.29) is 24.1 Å². The molecule has 3 rings (SSSR count). The van der Waals surface area contributed by atoms with E-state index in [4.69, 9.17) is 0 Å². The Balaban J connectivity index is 1.72. The minimum absolute atomic E-state index is 0.0546. The molecule has 1 fully saturated rings. The number of aromatic nitrogens is 3. The highest BCUT2D eigenvalue weighted by atomic mass is 16.2. The van der Waals surface area contributed by atoms with Crippen LogP contribution in [0.25, 0.3) is 11.3 Å². The summed E-state index contributed by atoms with van der Waals surface area (Å²) in [7, 11) is 0. The zero-order chi connectivity index (χ0) is 16.9. The molecule has 6 heteroatoms. The second-order valence-electron chi connectivity index (χ2n) is 6.39. The Morgan fingerprint density at radius 1 is 1.21 bits per heavy atom. The third-order valence-electron chi connectivity index (χ3n) is 4.59. The summed E-state index contributed by atoms with van der Waals surface area (Å²) in [4.78, 5) is 28.3. The van der Waals surface area contributed by atoms with Gasteiger partial charge in [0.1, 0.15) is 6.54 Å². The van der Waals surface area contributed by atoms with E-state index in [0.717, 1.165) is 24.8 Å². The predicted molar refractivity (Wildman–Crippen MR) is 91.3 cm³/mol. The number of rotatable bonds is 4. The Hall–Kier alpha value is -2.50. The van der Waals surface area contributed by atoms with Crippen molar-refractivity contribution >= 4 is 5.91 Å². The van der Waals surface area contributed by atoms with Crippen LogP contribution in [0.3, 0.4) is 0 Å². The molecule has 2 heterocycles. The van der Waals surface area contributed by atoms with Gasteiger partial charge in [0.15, 0.2) is 0 Å². The van der Waals surface area contributed by atoms with Crippen molar-refractivity contribution in [2.75, 3.05) is 0 Å². The van der Waals surface area contributed by atoms with Gasteiger partial charge in [-0.2, -0.15) is 5.10 Å². The van der Waals surface area contributed by atoms with Crippen LogP contribution < -0.4 is 10.9 Å². The van der Waals surface area contributed by atoms with Crippen LogP contribution in [-0.2, 0) is 11.3 Å². The maximum atomic E-state index is 12.3. The van der Waals surface area contributed by atoms with E-state index in [1.54, 1.807) is 18.5 Å². The number of nitrogens with one attached hydrogen (secondary N) is 1. The van der Waals surface area contributed by atoms with Crippen LogP contribution in [0.15, 0.2) is 41.5 Å². The smallest absolute Gasteiger partial charge is 0.267 e. The summed E-state index contributed by atoms with van der Waals surface area (Å²) in [5.74, 6) is 0.325. The maximum Gasteiger partial charge on any atom is 0.267 e. The molecule has 24 heavy (non-hydrogen) atoms. The SMILES string of the molecule is CC1CCCCC1NC(=O)Cn1nc(-c2ccncc2)ccc1=O. The van der Waals surface area contributed by atoms with E-state index in [9.17, 15) is 9.59 Å². The molecular formula is C18H22N4O2. The molecule has 0 aromatic carbocycles. The lowest BCUT2D eigenvalue weighted by molar-refractivity contribution is -0.123. The fraction of sp³-hybridized carbons (Fsp3) is 0.444. The number of carbonyl (C=O) groups is 1. The lowest BCUT2D eigenvalue weighted by atomic mass is 9.86. The van der Waals surface area contributed by atoms with Gasteiger partial charge in [-0.1, -0.05) is 19.8 Å². The van der Waals surface area contributed by atoms with E-state index in [1.807, 2.05) is 12.1 Å². The van der Waals surface area contributed by atoms with Crippen molar-refractivity contribution in [1.29, 1.82) is 0 Å². The molecule has 1 aliphatic rings. The highest BCUT2D eigenvalue weighted by molar-refractivity contribution is 5.76. The van der Waals surface area contributed by atoms with Crippen LogP contribution in [0.2, 0.25) is 0 Å². The number of amides is 1. The Morgan fingerprint density at radius 3 is 2.71 bits per heavy atom. The van der Waals surface area contributed by atoms with Gasteiger partial charge >= 0.3 is 0 Å². The zero-order valence-corrected chi connectivity index (χ0v) is 13.8. The number of nitrogens with zero attached hydrogens (tertiary/aromatic N) is 3. The molecule has 0 radical (unpaired) electrons. The molecule has 1 aliphatic carbocycles. The van der Waals surface area contributed by atoms with Crippen LogP contribution in [0, 0.1) is 5.92 Å². The second kappa shape index (κ2) is 7.38. The molecule has 1 amide bonds. The van der Waals surface area contributed by atoms with Crippen molar-refractivity contribution in [3.63, 3.8) is 0 Å². The second-order valence-corrected chi connectivity index (χ2v) is 6.39. The van der Waals surface area contributed by atoms with Crippen molar-refractivity contribution < 1.29 is 4.79 Å². The van der Waals surface area contributed by atoms with E-state index in [2.05, 4.69) is 22.3 Å². The van der Waals surface area contributed by atoms with Gasteiger partial charge in [-0.25, -0.2) is 4.68 Å². The van der Waals surface area contributed by atoms with Gasteiger partial charge in [0.2, 0.25) is 5.91 Å². The predicted octanol–water partition coefficient (Wildman–Crippen LogP) is 2.00. The minimum atomic E-state index is -0.278. The van der Waals surface area contributed by atoms with Gasteiger partial charge in [0.25, 0.3) is 5.56 Å². The Labute approximate surface area is 140 Å². The summed E-state index contributed by atoms with van der Waals surface area (Å²) >= 11 is 0. The number of hydrogen-bond acceptors (Lipinski definition) is 4. The molecule has 1 N–H and O–H groups in total. The first-order valence-corrected chi connectivity index (χ1v) is 8.41. The average molecular weight is 326 g/mol. The minimum Gasteiger partial charge on any atom is -0.351 e. The van der Waals surface area contributed by atoms with Crippen molar-refractivity contribution in [3.05, 3.63) is 47.0 Å². The van der Waals surface area contributed by atoms with Crippen molar-refractivity contribution in [2.45, 2.75) is 45.2 Å². The van der Waals surface area contributed by atoms with Gasteiger partial charge in [0.05, 0.1) is 5.69 Å². The summed E-state index contributed by atoms with van der Waals surface area (Å²) in [6.07, 6.45) is 7.85. The first kappa shape index (κ1) is 16.4. The molecule has 1 saturated carbocycles. The van der Waals surface area contributed by atoms with E-state index < -0.39 is 0 Å². The molecule has 0 spiro atoms. The lowest BCUT2D eigenvalue weighted by Gasteiger charge is -2.29. The lowest BCUT2D eigenvalue weighted by Crippen LogP contribution is -2.43. The number of pyridine rings is 1. The summed E-state index contributed by atoms with van der Waals surface area (Å²) in [6.45, 7) is 2.11. The molecule has 126 valence electrons. The summed E-state index contributed by atoms with van der Waals surface area (Å²) in [5, 5.41) is 7.37. The van der Waals surface area contributed by atoms with Crippen LogP contribution in [0.5, 0.6) is 0 Å². The highest BCUT2D eigenvalue weighted by Crippen LogP contribution is 2.23. The number of hydrogen-bond donors (Lipinski definition) is 1. The van der Waals surface area contributed by atoms with Crippen molar-refractivity contribution in [1.82, 2.24) is 20.1 Å². The van der Waals surface area contributed by atoms with Gasteiger partial charge in [0, 0.05) is 30.1 Å². The van der Waals surface area contributed by atoms with E-state index >= 15 is 0 Å². The monoisotopic (exact) mass is 326 g/mol. The highest BCUT2D eigenvalue weighted by Gasteiger charge is 2.23. The van der Waals surface area contributed by atoms with Gasteiger partial charge < -0.3 is 5.32 Å². The fourth-order valence-electron chi connectivity index (χ4n) is 3.16. The molecule has 6 nitrogen and oxygen atoms in total. The Kier molecular flexibility index (Phi) is 5.03. The van der Waals surface area contributed by atoms with E-state index in [1.165, 1.54) is 17.2 Å². The van der Waals surface area contributed by atoms with Crippen LogP contribution in [-0.4, -0.2) is 26.7 Å². The molecule has 0 aliphatic heterocycles. The zero-order valence-electron chi connectivity index (χ0n) is 13.8. The van der Waals surface area contributed by atoms with Crippen LogP contribution >= 0.6 is 0 Å². The largest absolute Gasteiger partial charge is 0.351 e. The van der Waals surface area contributed by atoms with Gasteiger partial charge in [-0.15, -0.1) is 0 Å². The Bertz CT molecular complexity index is 757. The Morgan fingerprint density at radius 2 is 1.96 bits per heavy atom. The third-order valence-corrected chi connectivity index (χ3v) is 4.59. The summed E-state index contributed by atoms with van der Waals surface area (Å²) < 4.78 is 1.22. The molecule has 0 bridgehead atoms. The topological polar surface area (TPSA) is 76.9 Å². The molecule has 2 aromatic heterocycles. The maximum absolute atomic E-state index is 12.3. The summed E-state index contributed by atoms with van der Waals surface area (Å²) in [6, 6.07) is 6.95. The van der Waals surface area contributed by atoms with Crippen LogP contribution in [0.1, 0.15) is 32.6 Å². The molecular weight excluding hydrogens is 304 g/mol. The van der Waals surface area contributed by atoms with E-state index in [0.29, 0.717) is 11.6 Å². The quantitative estimate of drug-likeness (QED) is 0.932. The van der Waals surface area contributed by atoms with Crippen molar-refractivity contribution in [2.24, 2.45) is 5.92 Å². The normalized spacial score (nSPS) is 20.5. The molecule has 2 unspecified atom stereocenters. The molecule has 2 aromatic rings. The van der Waals surface area contributed by atoms with Gasteiger partial charge in [-0.3, -0.25) is 14.6 Å². The van der Waals surface area contributed by atoms with Gasteiger partial charge in [-0.05, 0) is 37.0 Å². The standard InChI is InChI=1S/C18H22N4O2/c1-13-4-2-3-5-15(13)20-17(23)12-22-18(24)7-6-16(21-22)14-8-10-19-11-9-14/h6-11,13,15H,2-5,12H2,1H3,(H,20,23). The van der Waals surface area contributed by atoms with Crippen molar-refractivity contribution in [3.8, 4) is 11.3 Å². The molecule has 0 saturated heterocycles. The molecule has 2 atom stereocenters. The third kappa shape index (κ3) is 3.88. The summed E-state index contributed by atoms with van der Waals surface area (Å²) in [5.41, 5.74) is 1.23. The fourth-order valence-corrected chi connectivity index (χ4v) is 3.16.